The molecule has 0 saturated heterocycles. The summed E-state index contributed by atoms with van der Waals surface area (Å²) in [7, 11) is 0. The number of carbonyl (C=O) groups excluding carboxylic acids is 1. The third kappa shape index (κ3) is 3.29. The van der Waals surface area contributed by atoms with Crippen molar-refractivity contribution in [2.24, 2.45) is 5.73 Å². The number of benzene rings is 3. The molecule has 0 bridgehead atoms. The maximum absolute atomic E-state index is 12.6. The molecule has 0 spiro atoms. The zero-order valence-corrected chi connectivity index (χ0v) is 12.8. The number of Topliss-reactive ketones (excluding diaryl/α,β-unsaturated/α-hetero) is 1. The van der Waals surface area contributed by atoms with Gasteiger partial charge in [-0.15, -0.1) is 0 Å². The van der Waals surface area contributed by atoms with Gasteiger partial charge < -0.3 is 5.73 Å². The smallest absolute Gasteiger partial charge is 0.163 e. The molecule has 0 saturated carbocycles. The van der Waals surface area contributed by atoms with Crippen LogP contribution in [0.3, 0.4) is 0 Å². The molecular weight excluding hydrogens is 284 g/mol. The highest BCUT2D eigenvalue weighted by Crippen LogP contribution is 2.20. The van der Waals surface area contributed by atoms with Crippen LogP contribution in [0.4, 0.5) is 0 Å². The quantitative estimate of drug-likeness (QED) is 0.426. The standard InChI is InChI=1S/C20H18N2O/c21-20(22)16-8-3-5-14(13-16)11-12-19(23)18-10-4-7-15-6-1-2-9-17(15)18/h1-10,13H,11-12H2,(H3,21,22). The SMILES string of the molecule is N=C(N)c1cccc(CCC(=O)c2cccc3ccccc23)c1. The fourth-order valence-corrected chi connectivity index (χ4v) is 2.76. The Morgan fingerprint density at radius 3 is 2.52 bits per heavy atom. The van der Waals surface area contributed by atoms with Crippen LogP contribution in [0, 0.1) is 5.41 Å². The first-order valence-corrected chi connectivity index (χ1v) is 7.59. The first-order chi connectivity index (χ1) is 11.1. The van der Waals surface area contributed by atoms with Gasteiger partial charge in [0.15, 0.2) is 5.78 Å². The van der Waals surface area contributed by atoms with Crippen molar-refractivity contribution >= 4 is 22.4 Å². The van der Waals surface area contributed by atoms with E-state index >= 15 is 0 Å². The number of aryl methyl sites for hydroxylation is 1. The molecule has 3 heteroatoms. The van der Waals surface area contributed by atoms with E-state index in [1.54, 1.807) is 6.07 Å². The molecule has 0 aromatic heterocycles. The van der Waals surface area contributed by atoms with Gasteiger partial charge in [-0.25, -0.2) is 0 Å². The molecule has 3 nitrogen and oxygen atoms in total. The van der Waals surface area contributed by atoms with Crippen LogP contribution in [0.15, 0.2) is 66.7 Å². The normalized spacial score (nSPS) is 10.6. The van der Waals surface area contributed by atoms with Gasteiger partial charge in [-0.3, -0.25) is 10.2 Å². The van der Waals surface area contributed by atoms with E-state index < -0.39 is 0 Å². The molecule has 3 aromatic rings. The molecular formula is C20H18N2O. The maximum Gasteiger partial charge on any atom is 0.163 e. The van der Waals surface area contributed by atoms with Gasteiger partial charge in [0.05, 0.1) is 0 Å². The summed E-state index contributed by atoms with van der Waals surface area (Å²) < 4.78 is 0. The Bertz CT molecular complexity index is 878. The Morgan fingerprint density at radius 2 is 1.70 bits per heavy atom. The van der Waals surface area contributed by atoms with Gasteiger partial charge in [0.25, 0.3) is 0 Å². The molecule has 0 aliphatic carbocycles. The summed E-state index contributed by atoms with van der Waals surface area (Å²) in [4.78, 5) is 12.6. The lowest BCUT2D eigenvalue weighted by Gasteiger charge is -2.07. The van der Waals surface area contributed by atoms with Crippen molar-refractivity contribution in [3.8, 4) is 0 Å². The van der Waals surface area contributed by atoms with Crippen LogP contribution in [0.5, 0.6) is 0 Å². The molecule has 3 N–H and O–H groups in total. The minimum atomic E-state index is 0.0484. The van der Waals surface area contributed by atoms with Gasteiger partial charge in [0.2, 0.25) is 0 Å². The number of hydrogen-bond acceptors (Lipinski definition) is 2. The summed E-state index contributed by atoms with van der Waals surface area (Å²) in [6.45, 7) is 0. The summed E-state index contributed by atoms with van der Waals surface area (Å²) >= 11 is 0. The highest BCUT2D eigenvalue weighted by atomic mass is 16.1. The van der Waals surface area contributed by atoms with Crippen molar-refractivity contribution in [3.63, 3.8) is 0 Å². The lowest BCUT2D eigenvalue weighted by atomic mass is 9.97. The number of fused-ring (bicyclic) bond motifs is 1. The van der Waals surface area contributed by atoms with Gasteiger partial charge in [-0.05, 0) is 28.8 Å². The number of nitrogen functional groups attached to an aromatic ring is 1. The summed E-state index contributed by atoms with van der Waals surface area (Å²) in [6.07, 6.45) is 1.08. The minimum Gasteiger partial charge on any atom is -0.384 e. The fourth-order valence-electron chi connectivity index (χ4n) is 2.76. The Balaban J connectivity index is 1.79. The van der Waals surface area contributed by atoms with Crippen LogP contribution in [0.1, 0.15) is 27.9 Å². The van der Waals surface area contributed by atoms with Crippen molar-refractivity contribution in [1.29, 1.82) is 5.41 Å². The number of nitrogens with two attached hydrogens (primary N) is 1. The Hall–Kier alpha value is -2.94. The van der Waals surface area contributed by atoms with Crippen LogP contribution in [-0.2, 0) is 6.42 Å². The van der Waals surface area contributed by atoms with Crippen molar-refractivity contribution in [2.75, 3.05) is 0 Å². The van der Waals surface area contributed by atoms with Gasteiger partial charge in [-0.2, -0.15) is 0 Å². The molecule has 0 amide bonds. The average Bonchev–Trinajstić information content (AvgIpc) is 2.59. The number of hydrogen-bond donors (Lipinski definition) is 2. The summed E-state index contributed by atoms with van der Waals surface area (Å²) in [5, 5.41) is 9.56. The number of carbonyl (C=O) groups is 1. The van der Waals surface area contributed by atoms with E-state index in [4.69, 9.17) is 11.1 Å². The number of rotatable bonds is 5. The Labute approximate surface area is 135 Å². The van der Waals surface area contributed by atoms with E-state index in [9.17, 15) is 4.79 Å². The molecule has 0 atom stereocenters. The second-order valence-electron chi connectivity index (χ2n) is 5.56. The molecule has 3 aromatic carbocycles. The Kier molecular flexibility index (Phi) is 4.20. The number of amidine groups is 1. The number of nitrogens with one attached hydrogen (secondary N) is 1. The van der Waals surface area contributed by atoms with Crippen LogP contribution in [-0.4, -0.2) is 11.6 Å². The van der Waals surface area contributed by atoms with E-state index in [2.05, 4.69) is 0 Å². The molecule has 23 heavy (non-hydrogen) atoms. The third-order valence-electron chi connectivity index (χ3n) is 3.97. The van der Waals surface area contributed by atoms with E-state index in [1.807, 2.05) is 60.7 Å². The molecule has 0 aliphatic rings. The maximum atomic E-state index is 12.6. The molecule has 0 unspecified atom stereocenters. The first kappa shape index (κ1) is 15.0. The second-order valence-corrected chi connectivity index (χ2v) is 5.56. The van der Waals surface area contributed by atoms with Crippen molar-refractivity contribution < 1.29 is 4.79 Å². The zero-order valence-electron chi connectivity index (χ0n) is 12.8. The highest BCUT2D eigenvalue weighted by Gasteiger charge is 2.10. The number of ketones is 1. The molecule has 0 fully saturated rings. The van der Waals surface area contributed by atoms with Crippen LogP contribution in [0.2, 0.25) is 0 Å². The van der Waals surface area contributed by atoms with Gasteiger partial charge in [-0.1, -0.05) is 60.7 Å². The highest BCUT2D eigenvalue weighted by molar-refractivity contribution is 6.08. The minimum absolute atomic E-state index is 0.0484. The average molecular weight is 302 g/mol. The third-order valence-corrected chi connectivity index (χ3v) is 3.97. The predicted molar refractivity (Wildman–Crippen MR) is 94.1 cm³/mol. The molecule has 0 radical (unpaired) electrons. The molecule has 114 valence electrons. The van der Waals surface area contributed by atoms with Crippen LogP contribution < -0.4 is 5.73 Å². The van der Waals surface area contributed by atoms with Gasteiger partial charge >= 0.3 is 0 Å². The zero-order chi connectivity index (χ0) is 16.2. The Morgan fingerprint density at radius 1 is 0.957 bits per heavy atom. The van der Waals surface area contributed by atoms with Crippen LogP contribution in [0.25, 0.3) is 10.8 Å². The first-order valence-electron chi connectivity index (χ1n) is 7.59. The predicted octanol–water partition coefficient (Wildman–Crippen LogP) is 3.94. The van der Waals surface area contributed by atoms with Gasteiger partial charge in [0, 0.05) is 17.5 Å². The van der Waals surface area contributed by atoms with Crippen LogP contribution >= 0.6 is 0 Å². The summed E-state index contributed by atoms with van der Waals surface area (Å²) in [5.74, 6) is 0.183. The van der Waals surface area contributed by atoms with E-state index in [1.165, 1.54) is 0 Å². The second kappa shape index (κ2) is 6.44. The topological polar surface area (TPSA) is 66.9 Å². The summed E-state index contributed by atoms with van der Waals surface area (Å²) in [5.41, 5.74) is 7.99. The van der Waals surface area contributed by atoms with E-state index in [-0.39, 0.29) is 11.6 Å². The van der Waals surface area contributed by atoms with Gasteiger partial charge in [0.1, 0.15) is 5.84 Å². The van der Waals surface area contributed by atoms with Crippen molar-refractivity contribution in [3.05, 3.63) is 83.4 Å². The molecule has 0 heterocycles. The molecule has 0 aliphatic heterocycles. The van der Waals surface area contributed by atoms with Crippen molar-refractivity contribution in [2.45, 2.75) is 12.8 Å². The van der Waals surface area contributed by atoms with Crippen molar-refractivity contribution in [1.82, 2.24) is 0 Å². The lowest BCUT2D eigenvalue weighted by Crippen LogP contribution is -2.11. The largest absolute Gasteiger partial charge is 0.384 e. The molecule has 3 rings (SSSR count). The summed E-state index contributed by atoms with van der Waals surface area (Å²) in [6, 6.07) is 21.3. The fraction of sp³-hybridized carbons (Fsp3) is 0.100. The van der Waals surface area contributed by atoms with E-state index in [0.29, 0.717) is 18.4 Å². The monoisotopic (exact) mass is 302 g/mol. The lowest BCUT2D eigenvalue weighted by molar-refractivity contribution is 0.0984. The van der Waals surface area contributed by atoms with E-state index in [0.717, 1.165) is 21.9 Å².